The molecule has 2 atom stereocenters. The Hall–Kier alpha value is -3.50. The minimum absolute atomic E-state index is 0.0166. The molecule has 0 aliphatic rings. The number of carboxylic acid groups (broad SMARTS) is 1. The summed E-state index contributed by atoms with van der Waals surface area (Å²) in [6, 6.07) is 11.8. The van der Waals surface area contributed by atoms with Crippen molar-refractivity contribution in [2.75, 3.05) is 6.61 Å². The third-order valence-corrected chi connectivity index (χ3v) is 6.04. The Kier molecular flexibility index (Phi) is 8.55. The zero-order chi connectivity index (χ0) is 24.7. The van der Waals surface area contributed by atoms with E-state index < -0.39 is 5.97 Å². The molecule has 0 saturated carbocycles. The lowest BCUT2D eigenvalue weighted by Crippen LogP contribution is -2.12. The van der Waals surface area contributed by atoms with E-state index in [-0.39, 0.29) is 30.6 Å². The van der Waals surface area contributed by atoms with Crippen molar-refractivity contribution in [3.63, 3.8) is 0 Å². The van der Waals surface area contributed by atoms with Gasteiger partial charge in [-0.05, 0) is 43.7 Å². The Morgan fingerprint density at radius 3 is 2.59 bits per heavy atom. The Labute approximate surface area is 200 Å². The maximum atomic E-state index is 13.3. The van der Waals surface area contributed by atoms with Gasteiger partial charge in [0.15, 0.2) is 5.78 Å². The van der Waals surface area contributed by atoms with E-state index in [9.17, 15) is 9.59 Å². The Balaban J connectivity index is 1.74. The van der Waals surface area contributed by atoms with Crippen molar-refractivity contribution < 1.29 is 19.4 Å². The van der Waals surface area contributed by atoms with Gasteiger partial charge in [-0.1, -0.05) is 37.3 Å². The highest BCUT2D eigenvalue weighted by Gasteiger charge is 2.24. The molecule has 1 aromatic carbocycles. The number of nitrogens with zero attached hydrogens (tertiary/aromatic N) is 3. The molecule has 34 heavy (non-hydrogen) atoms. The highest BCUT2D eigenvalue weighted by atomic mass is 16.5. The summed E-state index contributed by atoms with van der Waals surface area (Å²) in [5, 5.41) is 9.73. The molecule has 3 aromatic rings. The van der Waals surface area contributed by atoms with Gasteiger partial charge in [0.25, 0.3) is 0 Å². The number of ketones is 1. The molecule has 7 nitrogen and oxygen atoms in total. The lowest BCUT2D eigenvalue weighted by molar-refractivity contribution is -0.137. The third kappa shape index (κ3) is 6.09. The summed E-state index contributed by atoms with van der Waals surface area (Å²) in [7, 11) is 1.88. The lowest BCUT2D eigenvalue weighted by atomic mass is 9.94. The fraction of sp³-hybridized carbons (Fsp3) is 0.407. The molecule has 0 aliphatic carbocycles. The van der Waals surface area contributed by atoms with E-state index in [0.29, 0.717) is 35.3 Å². The van der Waals surface area contributed by atoms with Crippen LogP contribution in [-0.2, 0) is 23.0 Å². The van der Waals surface area contributed by atoms with Crippen LogP contribution in [0, 0.1) is 12.5 Å². The number of unbranched alkanes of at least 4 members (excludes halogenated alkanes) is 1. The molecular weight excluding hydrogens is 430 g/mol. The molecule has 0 saturated heterocycles. The number of carbonyl (C=O) groups excluding carboxylic acids is 1. The number of fused-ring (bicyclic) bond motifs is 1. The Morgan fingerprint density at radius 2 is 1.91 bits per heavy atom. The zero-order valence-electron chi connectivity index (χ0n) is 20.0. The van der Waals surface area contributed by atoms with Crippen molar-refractivity contribution in [2.24, 2.45) is 13.0 Å². The second-order valence-corrected chi connectivity index (χ2v) is 8.77. The molecule has 0 unspecified atom stereocenters. The van der Waals surface area contributed by atoms with Crippen molar-refractivity contribution in [3.05, 3.63) is 70.8 Å². The van der Waals surface area contributed by atoms with Crippen molar-refractivity contribution in [2.45, 2.75) is 52.1 Å². The molecule has 7 heteroatoms. The summed E-state index contributed by atoms with van der Waals surface area (Å²) in [6.07, 6.45) is 3.93. The predicted octanol–water partition coefficient (Wildman–Crippen LogP) is 5.91. The highest BCUT2D eigenvalue weighted by molar-refractivity contribution is 6.09. The number of aliphatic carboxylic acids is 1. The molecule has 0 amide bonds. The van der Waals surface area contributed by atoms with E-state index in [4.69, 9.17) is 16.4 Å². The maximum Gasteiger partial charge on any atom is 0.303 e. The molecule has 0 bridgehead atoms. The number of pyridine rings is 1. The average Bonchev–Trinajstić information content (AvgIpc) is 3.09. The van der Waals surface area contributed by atoms with Crippen molar-refractivity contribution in [1.82, 2.24) is 9.55 Å². The van der Waals surface area contributed by atoms with Crippen LogP contribution >= 0.6 is 0 Å². The van der Waals surface area contributed by atoms with Gasteiger partial charge in [-0.15, -0.1) is 0 Å². The van der Waals surface area contributed by atoms with E-state index in [1.807, 2.05) is 48.9 Å². The minimum atomic E-state index is -0.917. The van der Waals surface area contributed by atoms with Crippen molar-refractivity contribution in [3.8, 4) is 0 Å². The SMILES string of the molecule is [C-]#[N+]c1cnc2c(c1)c(C(=O)C[C@H](C)CC(=O)O)c(CCCCO[C@H](C)c1ccccc1)n2C. The minimum Gasteiger partial charge on any atom is -0.481 e. The standard InChI is InChI=1S/C27H31N3O4/c1-18(15-25(32)33)14-24(31)26-22-16-21(28-3)17-29-27(22)30(4)23(26)12-8-9-13-34-19(2)20-10-6-5-7-11-20/h5-7,10-11,16-19H,8-9,12-15H2,1-2,4H3,(H,32,33)/t18-,19+/m0/s1. The van der Waals surface area contributed by atoms with Gasteiger partial charge in [-0.3, -0.25) is 9.59 Å². The first-order valence-electron chi connectivity index (χ1n) is 11.6. The summed E-state index contributed by atoms with van der Waals surface area (Å²) in [4.78, 5) is 32.2. The number of ether oxygens (including phenoxy) is 1. The molecule has 0 radical (unpaired) electrons. The van der Waals surface area contributed by atoms with Crippen LogP contribution in [0.1, 0.15) is 67.3 Å². The van der Waals surface area contributed by atoms with Gasteiger partial charge in [0, 0.05) is 49.3 Å². The first-order valence-corrected chi connectivity index (χ1v) is 11.6. The highest BCUT2D eigenvalue weighted by Crippen LogP contribution is 2.30. The van der Waals surface area contributed by atoms with Gasteiger partial charge < -0.3 is 14.4 Å². The number of aromatic nitrogens is 2. The first-order chi connectivity index (χ1) is 16.3. The largest absolute Gasteiger partial charge is 0.481 e. The summed E-state index contributed by atoms with van der Waals surface area (Å²) in [6.45, 7) is 11.7. The third-order valence-electron chi connectivity index (χ3n) is 6.04. The molecule has 178 valence electrons. The lowest BCUT2D eigenvalue weighted by Gasteiger charge is -2.14. The summed E-state index contributed by atoms with van der Waals surface area (Å²) in [5.41, 5.74) is 3.60. The summed E-state index contributed by atoms with van der Waals surface area (Å²) in [5.74, 6) is -1.30. The van der Waals surface area contributed by atoms with Crippen LogP contribution in [0.15, 0.2) is 42.6 Å². The Morgan fingerprint density at radius 1 is 1.18 bits per heavy atom. The van der Waals surface area contributed by atoms with Gasteiger partial charge in [0.05, 0.1) is 12.7 Å². The van der Waals surface area contributed by atoms with Crippen molar-refractivity contribution >= 4 is 28.5 Å². The molecule has 2 aromatic heterocycles. The molecule has 0 fully saturated rings. The number of aryl methyl sites for hydroxylation is 1. The van der Waals surface area contributed by atoms with Gasteiger partial charge in [0.2, 0.25) is 5.69 Å². The Bertz CT molecular complexity index is 1190. The van der Waals surface area contributed by atoms with Crippen LogP contribution in [0.3, 0.4) is 0 Å². The second-order valence-electron chi connectivity index (χ2n) is 8.77. The van der Waals surface area contributed by atoms with Crippen LogP contribution in [0.4, 0.5) is 5.69 Å². The normalized spacial score (nSPS) is 12.9. The number of hydrogen-bond donors (Lipinski definition) is 1. The van der Waals surface area contributed by atoms with Gasteiger partial charge in [0.1, 0.15) is 5.65 Å². The van der Waals surface area contributed by atoms with Gasteiger partial charge >= 0.3 is 5.97 Å². The van der Waals surface area contributed by atoms with Gasteiger partial charge in [-0.2, -0.15) is 0 Å². The van der Waals surface area contributed by atoms with Crippen LogP contribution < -0.4 is 0 Å². The van der Waals surface area contributed by atoms with E-state index in [1.165, 1.54) is 6.20 Å². The predicted molar refractivity (Wildman–Crippen MR) is 131 cm³/mol. The fourth-order valence-electron chi connectivity index (χ4n) is 4.28. The van der Waals surface area contributed by atoms with Gasteiger partial charge in [-0.25, -0.2) is 9.83 Å². The first kappa shape index (κ1) is 25.1. The second kappa shape index (κ2) is 11.6. The van der Waals surface area contributed by atoms with Crippen LogP contribution in [-0.4, -0.2) is 33.0 Å². The van der Waals surface area contributed by atoms with Crippen LogP contribution in [0.2, 0.25) is 0 Å². The van der Waals surface area contributed by atoms with Crippen molar-refractivity contribution in [1.29, 1.82) is 0 Å². The molecular formula is C27H31N3O4. The molecule has 0 aliphatic heterocycles. The van der Waals surface area contributed by atoms with Crippen LogP contribution in [0.25, 0.3) is 15.9 Å². The number of hydrogen-bond acceptors (Lipinski definition) is 4. The monoisotopic (exact) mass is 461 g/mol. The van der Waals surface area contributed by atoms with E-state index in [0.717, 1.165) is 24.1 Å². The van der Waals surface area contributed by atoms with Crippen LogP contribution in [0.5, 0.6) is 0 Å². The average molecular weight is 462 g/mol. The molecule has 0 spiro atoms. The van der Waals surface area contributed by atoms with E-state index in [2.05, 4.69) is 9.83 Å². The zero-order valence-corrected chi connectivity index (χ0v) is 20.0. The number of rotatable bonds is 12. The number of Topliss-reactive ketones (excluding diaryl/α,β-unsaturated/α-hetero) is 1. The molecule has 2 heterocycles. The number of benzene rings is 1. The number of carbonyl (C=O) groups is 2. The maximum absolute atomic E-state index is 13.3. The van der Waals surface area contributed by atoms with E-state index >= 15 is 0 Å². The smallest absolute Gasteiger partial charge is 0.303 e. The topological polar surface area (TPSA) is 85.8 Å². The quantitative estimate of drug-likeness (QED) is 0.206. The summed E-state index contributed by atoms with van der Waals surface area (Å²) < 4.78 is 7.90. The fourth-order valence-corrected chi connectivity index (χ4v) is 4.28. The van der Waals surface area contributed by atoms with E-state index in [1.54, 1.807) is 13.0 Å². The summed E-state index contributed by atoms with van der Waals surface area (Å²) >= 11 is 0. The molecule has 1 N–H and O–H groups in total. The molecule has 3 rings (SSSR count). The number of carboxylic acids is 1.